The van der Waals surface area contributed by atoms with Gasteiger partial charge in [-0.1, -0.05) is 479 Å². The first-order valence-corrected chi connectivity index (χ1v) is 51.5. The Morgan fingerprint density at radius 1 is 0.113 bits per heavy atom. The molecule has 0 fully saturated rings. The van der Waals surface area contributed by atoms with Crippen molar-refractivity contribution in [2.75, 3.05) is 0 Å². The fourth-order valence-corrected chi connectivity index (χ4v) is 24.0. The number of hydrogen-bond acceptors (Lipinski definition) is 5. The van der Waals surface area contributed by atoms with Crippen LogP contribution in [0.4, 0.5) is 0 Å². The topological polar surface area (TPSA) is 64.5 Å². The average Bonchev–Trinajstić information content (AvgIpc) is 1.55. The standard InChI is InChI=1S/C52H32N2.C47H29N.C46H28N2/c1-3-10-35(11-4-1)45-32-44(48(39-12-5-2-6-13-39)50-43-18-8-15-38-14-7-17-42(47(38)43)49(45)50)36-23-19-33(20-24-36)34-21-25-37(26-22-34)46-30-29-41-28-27-40-16-9-31-53-51(40)52(41)54-46;1-3-11-30(12-4-1)41-29-40(32-21-24-33(25-22-32)42-28-27-36-26-23-31-13-7-8-18-37(31)47(36)48-42)44(35-14-5-2-6-15-35)46-39-20-10-17-34-16-9-19-38(43(34)39)45(41)46;1-3-10-29(11-4-1)39-28-38(30-19-21-31(22-20-30)40-26-25-35-24-23-34-16-9-27-47-45(34)46(35)48-40)42(33-12-5-2-6-13-33)44-37-18-8-15-32-14-7-17-36(41(32)37)43(39)44/h1-32H;1-29H;1-28H. The van der Waals surface area contributed by atoms with Gasteiger partial charge in [-0.2, -0.15) is 0 Å². The number of pyridine rings is 5. The van der Waals surface area contributed by atoms with Crippen LogP contribution >= 0.6 is 0 Å². The van der Waals surface area contributed by atoms with Crippen LogP contribution in [-0.2, 0) is 0 Å². The van der Waals surface area contributed by atoms with Crippen LogP contribution in [0, 0.1) is 0 Å². The molecular formula is C145H89N5. The second-order valence-electron chi connectivity index (χ2n) is 39.3. The second-order valence-corrected chi connectivity index (χ2v) is 39.3. The van der Waals surface area contributed by atoms with E-state index in [1.165, 1.54) is 221 Å². The molecule has 0 saturated carbocycles. The van der Waals surface area contributed by atoms with Gasteiger partial charge in [0.15, 0.2) is 0 Å². The molecule has 0 N–H and O–H groups in total. The van der Waals surface area contributed by atoms with E-state index in [0.717, 1.165) is 88.3 Å². The fraction of sp³-hybridized carbons (Fsp3) is 0. The maximum absolute atomic E-state index is 5.19. The lowest BCUT2D eigenvalue weighted by Crippen LogP contribution is -1.94. The zero-order chi connectivity index (χ0) is 98.8. The van der Waals surface area contributed by atoms with Gasteiger partial charge in [-0.3, -0.25) is 9.97 Å². The van der Waals surface area contributed by atoms with E-state index in [1.54, 1.807) is 0 Å². The van der Waals surface area contributed by atoms with E-state index in [2.05, 4.69) is 526 Å². The summed E-state index contributed by atoms with van der Waals surface area (Å²) in [7, 11) is 0. The van der Waals surface area contributed by atoms with Gasteiger partial charge < -0.3 is 0 Å². The third-order valence-electron chi connectivity index (χ3n) is 30.9. The maximum atomic E-state index is 5.19. The molecule has 0 amide bonds. The Morgan fingerprint density at radius 2 is 0.333 bits per heavy atom. The van der Waals surface area contributed by atoms with Crippen LogP contribution < -0.4 is 0 Å². The molecule has 0 unspecified atom stereocenters. The van der Waals surface area contributed by atoms with Crippen molar-refractivity contribution < 1.29 is 0 Å². The van der Waals surface area contributed by atoms with E-state index in [0.29, 0.717) is 0 Å². The molecule has 5 heteroatoms. The molecule has 0 aliphatic heterocycles. The van der Waals surface area contributed by atoms with Gasteiger partial charge in [0, 0.05) is 61.4 Å². The molecule has 5 heterocycles. The van der Waals surface area contributed by atoms with E-state index < -0.39 is 0 Å². The summed E-state index contributed by atoms with van der Waals surface area (Å²) in [5, 5.41) is 15.8. The van der Waals surface area contributed by atoms with Crippen molar-refractivity contribution in [2.24, 2.45) is 0 Å². The molecule has 150 heavy (non-hydrogen) atoms. The van der Waals surface area contributed by atoms with Crippen LogP contribution in [0.5, 0.6) is 0 Å². The zero-order valence-electron chi connectivity index (χ0n) is 81.6. The second kappa shape index (κ2) is 36.2. The molecule has 23 aromatic carbocycles. The molecule has 5 aromatic heterocycles. The predicted octanol–water partition coefficient (Wildman–Crippen LogP) is 39.0. The summed E-state index contributed by atoms with van der Waals surface area (Å²) < 4.78 is 0. The number of rotatable bonds is 13. The van der Waals surface area contributed by atoms with Crippen molar-refractivity contribution in [1.82, 2.24) is 24.9 Å². The van der Waals surface area contributed by atoms with Crippen LogP contribution in [0.2, 0.25) is 0 Å². The van der Waals surface area contributed by atoms with Gasteiger partial charge in [0.05, 0.1) is 44.7 Å². The van der Waals surface area contributed by atoms with Crippen LogP contribution in [0.15, 0.2) is 540 Å². The highest BCUT2D eigenvalue weighted by molar-refractivity contribution is 6.27. The molecule has 0 bridgehead atoms. The van der Waals surface area contributed by atoms with Gasteiger partial charge >= 0.3 is 0 Å². The van der Waals surface area contributed by atoms with Crippen molar-refractivity contribution in [3.05, 3.63) is 540 Å². The highest BCUT2D eigenvalue weighted by atomic mass is 14.8. The zero-order valence-corrected chi connectivity index (χ0v) is 81.6. The lowest BCUT2D eigenvalue weighted by molar-refractivity contribution is 1.37. The Bertz CT molecular complexity index is 9920. The smallest absolute Gasteiger partial charge is 0.0972 e. The van der Waals surface area contributed by atoms with Gasteiger partial charge in [0.25, 0.3) is 0 Å². The van der Waals surface area contributed by atoms with Crippen LogP contribution in [0.1, 0.15) is 0 Å². The van der Waals surface area contributed by atoms with Crippen molar-refractivity contribution in [3.63, 3.8) is 0 Å². The van der Waals surface area contributed by atoms with E-state index in [-0.39, 0.29) is 0 Å². The minimum absolute atomic E-state index is 0.931. The fourth-order valence-electron chi connectivity index (χ4n) is 24.0. The van der Waals surface area contributed by atoms with Crippen molar-refractivity contribution >= 4 is 97.6 Å². The summed E-state index contributed by atoms with van der Waals surface area (Å²) in [6.07, 6.45) is 3.68. The highest BCUT2D eigenvalue weighted by Crippen LogP contribution is 2.62. The predicted molar refractivity (Wildman–Crippen MR) is 630 cm³/mol. The number of hydrogen-bond donors (Lipinski definition) is 0. The molecule has 5 nitrogen and oxygen atoms in total. The summed E-state index contributed by atoms with van der Waals surface area (Å²) in [5.41, 5.74) is 51.1. The largest absolute Gasteiger partial charge is 0.254 e. The minimum Gasteiger partial charge on any atom is -0.254 e. The third-order valence-corrected chi connectivity index (χ3v) is 30.9. The average molecular weight is 1900 g/mol. The van der Waals surface area contributed by atoms with Crippen LogP contribution in [0.3, 0.4) is 0 Å². The normalized spacial score (nSPS) is 11.7. The van der Waals surface area contributed by atoms with Crippen LogP contribution in [0.25, 0.3) is 309 Å². The lowest BCUT2D eigenvalue weighted by Gasteiger charge is -2.21. The molecule has 0 radical (unpaired) electrons. The molecular weight excluding hydrogens is 1810 g/mol. The first kappa shape index (κ1) is 86.8. The first-order valence-electron chi connectivity index (χ1n) is 51.5. The minimum atomic E-state index is 0.931. The molecule has 0 spiro atoms. The van der Waals surface area contributed by atoms with Crippen molar-refractivity contribution in [1.29, 1.82) is 0 Å². The molecule has 31 rings (SSSR count). The molecule has 28 aromatic rings. The first-order chi connectivity index (χ1) is 74.4. The van der Waals surface area contributed by atoms with E-state index >= 15 is 0 Å². The highest BCUT2D eigenvalue weighted by Gasteiger charge is 2.35. The van der Waals surface area contributed by atoms with E-state index in [9.17, 15) is 0 Å². The quantitative estimate of drug-likeness (QED) is 0.108. The van der Waals surface area contributed by atoms with Gasteiger partial charge in [0.1, 0.15) is 0 Å². The summed E-state index contributed by atoms with van der Waals surface area (Å²) in [6, 6.07) is 191. The van der Waals surface area contributed by atoms with Gasteiger partial charge in [0.2, 0.25) is 0 Å². The molecule has 3 aliphatic carbocycles. The molecule has 0 saturated heterocycles. The van der Waals surface area contributed by atoms with Gasteiger partial charge in [-0.25, -0.2) is 15.0 Å². The van der Waals surface area contributed by atoms with Gasteiger partial charge in [-0.15, -0.1) is 0 Å². The number of benzene rings is 23. The Morgan fingerprint density at radius 3 is 0.653 bits per heavy atom. The maximum Gasteiger partial charge on any atom is 0.0972 e. The summed E-state index contributed by atoms with van der Waals surface area (Å²) >= 11 is 0. The summed E-state index contributed by atoms with van der Waals surface area (Å²) in [4.78, 5) is 24.7. The third kappa shape index (κ3) is 14.7. The molecule has 3 aliphatic rings. The van der Waals surface area contributed by atoms with Crippen molar-refractivity contribution in [2.45, 2.75) is 0 Å². The lowest BCUT2D eigenvalue weighted by atomic mass is 9.82. The van der Waals surface area contributed by atoms with E-state index in [4.69, 9.17) is 15.0 Å². The Kier molecular flexibility index (Phi) is 20.9. The van der Waals surface area contributed by atoms with Crippen molar-refractivity contribution in [3.8, 4) is 212 Å². The van der Waals surface area contributed by atoms with Gasteiger partial charge in [-0.05, 0) is 264 Å². The molecule has 694 valence electrons. The number of fused-ring (bicyclic) bond motifs is 18. The Balaban J connectivity index is 0.000000106. The Labute approximate surface area is 868 Å². The Hall–Kier alpha value is -19.9. The monoisotopic (exact) mass is 1900 g/mol. The van der Waals surface area contributed by atoms with E-state index in [1.807, 2.05) is 24.5 Å². The molecule has 0 atom stereocenters. The summed E-state index contributed by atoms with van der Waals surface area (Å²) in [5.74, 6) is 0. The number of nitrogens with zero attached hydrogens (tertiary/aromatic N) is 5. The van der Waals surface area contributed by atoms with Crippen LogP contribution in [-0.4, -0.2) is 24.9 Å². The number of aromatic nitrogens is 5. The summed E-state index contributed by atoms with van der Waals surface area (Å²) in [6.45, 7) is 0. The SMILES string of the molecule is c1ccc(-c2cc(-c3ccc(-c4ccc(-c5ccc6ccc7cccnc7c6n5)cc4)cc3)c(-c3ccccc3)c3c2-c2cccc4cccc-3c24)cc1.c1ccc(-c2cc(-c3ccc(-c4ccc5ccc6ccccc6c5n4)cc3)c(-c3ccccc3)c3c2-c2cccc4cccc-3c24)cc1.c1ccc(-c2cc(-c3ccc(-c4ccc5ccc6cccnc6c5n4)cc3)c(-c3ccccc3)c3c2-c2cccc4cccc-3c24)cc1.